The Morgan fingerprint density at radius 3 is 2.33 bits per heavy atom. The first-order chi connectivity index (χ1) is 12.9. The van der Waals surface area contributed by atoms with E-state index in [1.54, 1.807) is 13.2 Å². The molecule has 0 atom stereocenters. The first kappa shape index (κ1) is 19.0. The van der Waals surface area contributed by atoms with Gasteiger partial charge in [-0.2, -0.15) is 0 Å². The van der Waals surface area contributed by atoms with Gasteiger partial charge in [-0.15, -0.1) is 0 Å². The smallest absolute Gasteiger partial charge is 0.308 e. The summed E-state index contributed by atoms with van der Waals surface area (Å²) in [7, 11) is 1.67. The van der Waals surface area contributed by atoms with E-state index >= 15 is 0 Å². The molecule has 0 fully saturated rings. The molecule has 4 heteroatoms. The van der Waals surface area contributed by atoms with Crippen molar-refractivity contribution in [3.05, 3.63) is 53.6 Å². The summed E-state index contributed by atoms with van der Waals surface area (Å²) < 4.78 is 16.9. The van der Waals surface area contributed by atoms with Crippen LogP contribution in [0.25, 0.3) is 11.1 Å². The Balaban J connectivity index is 2.16. The van der Waals surface area contributed by atoms with Crippen molar-refractivity contribution in [1.82, 2.24) is 0 Å². The second kappa shape index (κ2) is 7.47. The van der Waals surface area contributed by atoms with Crippen LogP contribution < -0.4 is 14.2 Å². The zero-order chi connectivity index (χ0) is 19.6. The summed E-state index contributed by atoms with van der Waals surface area (Å²) in [5.41, 5.74) is 4.11. The third-order valence-electron chi connectivity index (χ3n) is 4.69. The molecule has 0 radical (unpaired) electrons. The van der Waals surface area contributed by atoms with E-state index in [0.717, 1.165) is 35.5 Å². The Bertz CT molecular complexity index is 876. The second-order valence-electron chi connectivity index (χ2n) is 7.20. The summed E-state index contributed by atoms with van der Waals surface area (Å²) in [6, 6.07) is 13.7. The average Bonchev–Trinajstić information content (AvgIpc) is 2.60. The number of fused-ring (bicyclic) bond motifs is 1. The van der Waals surface area contributed by atoms with Crippen LogP contribution in [0.5, 0.6) is 17.2 Å². The quantitative estimate of drug-likeness (QED) is 0.517. The van der Waals surface area contributed by atoms with Gasteiger partial charge in [-0.25, -0.2) is 0 Å². The Kier molecular flexibility index (Phi) is 5.26. The van der Waals surface area contributed by atoms with Gasteiger partial charge in [-0.1, -0.05) is 25.5 Å². The van der Waals surface area contributed by atoms with E-state index in [1.807, 2.05) is 24.3 Å². The molecule has 0 aliphatic carbocycles. The third kappa shape index (κ3) is 3.85. The number of esters is 1. The zero-order valence-corrected chi connectivity index (χ0v) is 16.6. The highest BCUT2D eigenvalue weighted by Crippen LogP contribution is 2.48. The second-order valence-corrected chi connectivity index (χ2v) is 7.20. The molecule has 2 aromatic carbocycles. The number of methoxy groups -OCH3 is 1. The molecule has 27 heavy (non-hydrogen) atoms. The molecule has 0 N–H and O–H groups in total. The molecule has 0 saturated heterocycles. The van der Waals surface area contributed by atoms with Gasteiger partial charge in [0.1, 0.15) is 22.8 Å². The van der Waals surface area contributed by atoms with Crippen molar-refractivity contribution in [2.75, 3.05) is 7.11 Å². The van der Waals surface area contributed by atoms with Gasteiger partial charge in [-0.05, 0) is 55.7 Å². The predicted molar refractivity (Wildman–Crippen MR) is 107 cm³/mol. The van der Waals surface area contributed by atoms with Crippen molar-refractivity contribution in [3.8, 4) is 17.2 Å². The fraction of sp³-hybridized carbons (Fsp3) is 0.348. The molecule has 0 saturated carbocycles. The maximum absolute atomic E-state index is 11.3. The summed E-state index contributed by atoms with van der Waals surface area (Å²) in [5.74, 6) is 1.74. The van der Waals surface area contributed by atoms with Crippen molar-refractivity contribution in [3.63, 3.8) is 0 Å². The molecule has 0 bridgehead atoms. The normalized spacial score (nSPS) is 15.0. The highest BCUT2D eigenvalue weighted by Gasteiger charge is 2.35. The van der Waals surface area contributed by atoms with E-state index < -0.39 is 5.60 Å². The van der Waals surface area contributed by atoms with Crippen LogP contribution in [0.2, 0.25) is 0 Å². The highest BCUT2D eigenvalue weighted by atomic mass is 16.5. The average molecular weight is 366 g/mol. The summed E-state index contributed by atoms with van der Waals surface area (Å²) in [4.78, 5) is 11.3. The van der Waals surface area contributed by atoms with Crippen molar-refractivity contribution < 1.29 is 19.0 Å². The van der Waals surface area contributed by atoms with E-state index in [1.165, 1.54) is 18.1 Å². The fourth-order valence-corrected chi connectivity index (χ4v) is 3.68. The Morgan fingerprint density at radius 1 is 1.07 bits per heavy atom. The van der Waals surface area contributed by atoms with E-state index in [-0.39, 0.29) is 5.97 Å². The van der Waals surface area contributed by atoms with Crippen LogP contribution >= 0.6 is 0 Å². The molecule has 0 amide bonds. The van der Waals surface area contributed by atoms with Crippen molar-refractivity contribution >= 4 is 17.1 Å². The maximum atomic E-state index is 11.3. The van der Waals surface area contributed by atoms with Crippen molar-refractivity contribution in [2.24, 2.45) is 0 Å². The number of ether oxygens (including phenoxy) is 3. The van der Waals surface area contributed by atoms with Gasteiger partial charge < -0.3 is 14.2 Å². The molecule has 1 aliphatic rings. The largest absolute Gasteiger partial charge is 0.497 e. The summed E-state index contributed by atoms with van der Waals surface area (Å²) >= 11 is 0. The van der Waals surface area contributed by atoms with Gasteiger partial charge in [0, 0.05) is 24.1 Å². The first-order valence-corrected chi connectivity index (χ1v) is 9.25. The molecule has 142 valence electrons. The monoisotopic (exact) mass is 366 g/mol. The standard InChI is InChI=1S/C23H26O4/c1-6-7-20-19-13-12-18(26-15(2)24)14-21(19)27-23(3,4)22(20)16-8-10-17(25-5)11-9-16/h8-14H,6-7H2,1-5H3. The summed E-state index contributed by atoms with van der Waals surface area (Å²) in [6.45, 7) is 7.72. The van der Waals surface area contributed by atoms with E-state index in [4.69, 9.17) is 14.2 Å². The molecule has 1 aliphatic heterocycles. The first-order valence-electron chi connectivity index (χ1n) is 9.25. The number of allylic oxidation sites excluding steroid dienone is 1. The van der Waals surface area contributed by atoms with Crippen molar-refractivity contribution in [2.45, 2.75) is 46.1 Å². The van der Waals surface area contributed by atoms with Crippen LogP contribution in [0.15, 0.2) is 42.5 Å². The SMILES string of the molecule is CCCC1=C(c2ccc(OC)cc2)C(C)(C)Oc2cc(OC(C)=O)ccc21. The third-order valence-corrected chi connectivity index (χ3v) is 4.69. The Labute approximate surface area is 160 Å². The lowest BCUT2D eigenvalue weighted by atomic mass is 9.80. The number of hydrogen-bond donors (Lipinski definition) is 0. The molecule has 2 aromatic rings. The summed E-state index contributed by atoms with van der Waals surface area (Å²) in [6.07, 6.45) is 1.96. The number of carbonyl (C=O) groups is 1. The van der Waals surface area contributed by atoms with Gasteiger partial charge in [-0.3, -0.25) is 4.79 Å². The minimum Gasteiger partial charge on any atom is -0.497 e. The minimum atomic E-state index is -0.513. The number of carbonyl (C=O) groups excluding carboxylic acids is 1. The minimum absolute atomic E-state index is 0.340. The maximum Gasteiger partial charge on any atom is 0.308 e. The van der Waals surface area contributed by atoms with Crippen LogP contribution in [0.4, 0.5) is 0 Å². The van der Waals surface area contributed by atoms with Crippen LogP contribution in [-0.2, 0) is 4.79 Å². The molecule has 0 spiro atoms. The van der Waals surface area contributed by atoms with E-state index in [9.17, 15) is 4.79 Å². The van der Waals surface area contributed by atoms with Crippen LogP contribution in [-0.4, -0.2) is 18.7 Å². The van der Waals surface area contributed by atoms with Crippen LogP contribution in [0.3, 0.4) is 0 Å². The number of rotatable bonds is 5. The van der Waals surface area contributed by atoms with Gasteiger partial charge >= 0.3 is 5.97 Å². The highest BCUT2D eigenvalue weighted by molar-refractivity contribution is 5.97. The Morgan fingerprint density at radius 2 is 1.74 bits per heavy atom. The van der Waals surface area contributed by atoms with Gasteiger partial charge in [0.05, 0.1) is 7.11 Å². The molecule has 4 nitrogen and oxygen atoms in total. The lowest BCUT2D eigenvalue weighted by Gasteiger charge is -2.37. The van der Waals surface area contributed by atoms with Crippen molar-refractivity contribution in [1.29, 1.82) is 0 Å². The zero-order valence-electron chi connectivity index (χ0n) is 16.6. The predicted octanol–water partition coefficient (Wildman–Crippen LogP) is 5.50. The number of benzene rings is 2. The van der Waals surface area contributed by atoms with Crippen LogP contribution in [0.1, 0.15) is 51.7 Å². The lowest BCUT2D eigenvalue weighted by Crippen LogP contribution is -2.34. The molecular weight excluding hydrogens is 340 g/mol. The molecule has 0 aromatic heterocycles. The molecule has 1 heterocycles. The van der Waals surface area contributed by atoms with E-state index in [2.05, 4.69) is 32.9 Å². The van der Waals surface area contributed by atoms with E-state index in [0.29, 0.717) is 5.75 Å². The van der Waals surface area contributed by atoms with Gasteiger partial charge in [0.25, 0.3) is 0 Å². The Hall–Kier alpha value is -2.75. The van der Waals surface area contributed by atoms with Gasteiger partial charge in [0.2, 0.25) is 0 Å². The molecule has 3 rings (SSSR count). The van der Waals surface area contributed by atoms with Gasteiger partial charge in [0.15, 0.2) is 0 Å². The summed E-state index contributed by atoms with van der Waals surface area (Å²) in [5, 5.41) is 0. The fourth-order valence-electron chi connectivity index (χ4n) is 3.68. The lowest BCUT2D eigenvalue weighted by molar-refractivity contribution is -0.131. The molecule has 0 unspecified atom stereocenters. The topological polar surface area (TPSA) is 44.8 Å². The number of hydrogen-bond acceptors (Lipinski definition) is 4. The molecular formula is C23H26O4. The van der Waals surface area contributed by atoms with Crippen LogP contribution in [0, 0.1) is 0 Å².